The minimum absolute atomic E-state index is 0. The van der Waals surface area contributed by atoms with Gasteiger partial charge >= 0.3 is 0 Å². The highest BCUT2D eigenvalue weighted by molar-refractivity contribution is 7.89. The normalized spacial score (nSPS) is 11.2. The van der Waals surface area contributed by atoms with Gasteiger partial charge in [0.2, 0.25) is 10.0 Å². The molecule has 3 rings (SSSR count). The van der Waals surface area contributed by atoms with E-state index in [-0.39, 0.29) is 17.3 Å². The first-order chi connectivity index (χ1) is 11.5. The van der Waals surface area contributed by atoms with Crippen LogP contribution in [0.5, 0.6) is 0 Å². The third kappa shape index (κ3) is 5.03. The molecule has 0 atom stereocenters. The fraction of sp³-hybridized carbons (Fsp3) is 0.158. The molecule has 4 nitrogen and oxygen atoms in total. The van der Waals surface area contributed by atoms with E-state index in [9.17, 15) is 8.42 Å². The maximum atomic E-state index is 11.2. The van der Waals surface area contributed by atoms with Crippen molar-refractivity contribution in [3.63, 3.8) is 0 Å². The van der Waals surface area contributed by atoms with Gasteiger partial charge in [-0.3, -0.25) is 0 Å². The highest BCUT2D eigenvalue weighted by atomic mass is 35.5. The van der Waals surface area contributed by atoms with Crippen LogP contribution in [0.1, 0.15) is 11.1 Å². The molecule has 0 heterocycles. The van der Waals surface area contributed by atoms with Crippen molar-refractivity contribution in [3.8, 4) is 0 Å². The number of hydrogen-bond acceptors (Lipinski definition) is 3. The third-order valence-electron chi connectivity index (χ3n) is 4.04. The molecule has 0 bridgehead atoms. The molecule has 0 fully saturated rings. The molecule has 0 amide bonds. The summed E-state index contributed by atoms with van der Waals surface area (Å²) in [5.41, 5.74) is 2.35. The number of fused-ring (bicyclic) bond motifs is 1. The van der Waals surface area contributed by atoms with E-state index in [1.54, 1.807) is 24.3 Å². The van der Waals surface area contributed by atoms with Crippen molar-refractivity contribution in [3.05, 3.63) is 77.9 Å². The summed E-state index contributed by atoms with van der Waals surface area (Å²) in [5, 5.41) is 11.1. The van der Waals surface area contributed by atoms with Crippen LogP contribution in [0.25, 0.3) is 10.8 Å². The van der Waals surface area contributed by atoms with Gasteiger partial charge in [-0.1, -0.05) is 54.6 Å². The molecule has 3 aromatic rings. The molecule has 132 valence electrons. The van der Waals surface area contributed by atoms with Crippen LogP contribution in [-0.2, 0) is 23.0 Å². The van der Waals surface area contributed by atoms with Gasteiger partial charge in [-0.15, -0.1) is 12.4 Å². The zero-order valence-electron chi connectivity index (χ0n) is 13.7. The van der Waals surface area contributed by atoms with Crippen LogP contribution in [0.15, 0.2) is 71.6 Å². The van der Waals surface area contributed by atoms with E-state index >= 15 is 0 Å². The van der Waals surface area contributed by atoms with E-state index < -0.39 is 10.0 Å². The quantitative estimate of drug-likeness (QED) is 0.648. The molecule has 0 spiro atoms. The molecule has 0 radical (unpaired) electrons. The summed E-state index contributed by atoms with van der Waals surface area (Å²) in [5.74, 6) is 0. The first-order valence-electron chi connectivity index (χ1n) is 7.83. The van der Waals surface area contributed by atoms with Crippen LogP contribution in [0.4, 0.5) is 0 Å². The molecule has 0 aliphatic rings. The van der Waals surface area contributed by atoms with Crippen molar-refractivity contribution in [2.75, 3.05) is 6.54 Å². The number of nitrogens with one attached hydrogen (secondary N) is 1. The number of primary sulfonamides is 1. The van der Waals surface area contributed by atoms with Crippen molar-refractivity contribution in [2.24, 2.45) is 5.14 Å². The van der Waals surface area contributed by atoms with Crippen LogP contribution in [0.2, 0.25) is 0 Å². The summed E-state index contributed by atoms with van der Waals surface area (Å²) in [6.45, 7) is 1.62. The lowest BCUT2D eigenvalue weighted by Crippen LogP contribution is -2.17. The van der Waals surface area contributed by atoms with E-state index in [1.165, 1.54) is 16.3 Å². The molecule has 0 aliphatic heterocycles. The molecule has 0 aliphatic carbocycles. The largest absolute Gasteiger partial charge is 0.312 e. The van der Waals surface area contributed by atoms with Crippen molar-refractivity contribution in [1.82, 2.24) is 5.32 Å². The number of sulfonamides is 1. The monoisotopic (exact) mass is 376 g/mol. The zero-order chi connectivity index (χ0) is 17.0. The Bertz CT molecular complexity index is 936. The number of halogens is 1. The number of nitrogens with two attached hydrogens (primary N) is 1. The first-order valence-corrected chi connectivity index (χ1v) is 9.38. The van der Waals surface area contributed by atoms with Crippen molar-refractivity contribution in [2.45, 2.75) is 17.9 Å². The highest BCUT2D eigenvalue weighted by Gasteiger charge is 2.06. The average molecular weight is 377 g/mol. The first kappa shape index (κ1) is 19.4. The highest BCUT2D eigenvalue weighted by Crippen LogP contribution is 2.18. The van der Waals surface area contributed by atoms with Crippen LogP contribution in [0.3, 0.4) is 0 Å². The van der Waals surface area contributed by atoms with Crippen molar-refractivity contribution >= 4 is 33.2 Å². The number of hydrogen-bond donors (Lipinski definition) is 2. The van der Waals surface area contributed by atoms with Crippen LogP contribution in [-0.4, -0.2) is 15.0 Å². The Labute approximate surface area is 154 Å². The lowest BCUT2D eigenvalue weighted by Gasteiger charge is -2.09. The van der Waals surface area contributed by atoms with Gasteiger partial charge in [-0.2, -0.15) is 0 Å². The summed E-state index contributed by atoms with van der Waals surface area (Å²) in [4.78, 5) is 0.148. The van der Waals surface area contributed by atoms with Crippen LogP contribution >= 0.6 is 12.4 Å². The smallest absolute Gasteiger partial charge is 0.238 e. The maximum absolute atomic E-state index is 11.2. The second-order valence-electron chi connectivity index (χ2n) is 5.75. The molecule has 25 heavy (non-hydrogen) atoms. The van der Waals surface area contributed by atoms with Gasteiger partial charge in [0.05, 0.1) is 4.90 Å². The summed E-state index contributed by atoms with van der Waals surface area (Å²) >= 11 is 0. The molecule has 0 saturated carbocycles. The number of benzene rings is 3. The fourth-order valence-electron chi connectivity index (χ4n) is 2.75. The Morgan fingerprint density at radius 1 is 0.880 bits per heavy atom. The van der Waals surface area contributed by atoms with E-state index in [0.29, 0.717) is 0 Å². The van der Waals surface area contributed by atoms with Gasteiger partial charge in [0.1, 0.15) is 0 Å². The fourth-order valence-corrected chi connectivity index (χ4v) is 3.26. The van der Waals surface area contributed by atoms with Gasteiger partial charge < -0.3 is 5.32 Å². The van der Waals surface area contributed by atoms with E-state index in [1.807, 2.05) is 6.07 Å². The molecule has 3 N–H and O–H groups in total. The zero-order valence-corrected chi connectivity index (χ0v) is 15.3. The Balaban J connectivity index is 0.00000225. The van der Waals surface area contributed by atoms with Crippen LogP contribution < -0.4 is 10.5 Å². The lowest BCUT2D eigenvalue weighted by atomic mass is 10.0. The van der Waals surface area contributed by atoms with E-state index in [4.69, 9.17) is 5.14 Å². The summed E-state index contributed by atoms with van der Waals surface area (Å²) in [6, 6.07) is 21.4. The minimum Gasteiger partial charge on any atom is -0.312 e. The Kier molecular flexibility index (Phi) is 6.56. The molecule has 3 aromatic carbocycles. The molecular formula is C19H21ClN2O2S. The predicted molar refractivity (Wildman–Crippen MR) is 104 cm³/mol. The predicted octanol–water partition coefficient (Wildman–Crippen LogP) is 3.24. The standard InChI is InChI=1S/C19H20N2O2S.ClH/c20-24(22,23)18-10-8-15(9-11-18)12-13-21-14-17-6-3-5-16-4-1-2-7-19(16)17;/h1-11,21H,12-14H2,(H2,20,22,23);1H. The van der Waals surface area contributed by atoms with Gasteiger partial charge in [-0.05, 0) is 47.0 Å². The van der Waals surface area contributed by atoms with Crippen molar-refractivity contribution in [1.29, 1.82) is 0 Å². The summed E-state index contributed by atoms with van der Waals surface area (Å²) in [6.07, 6.45) is 0.829. The lowest BCUT2D eigenvalue weighted by molar-refractivity contribution is 0.597. The minimum atomic E-state index is -3.62. The van der Waals surface area contributed by atoms with Gasteiger partial charge in [0, 0.05) is 6.54 Å². The molecule has 6 heteroatoms. The Morgan fingerprint density at radius 3 is 2.28 bits per heavy atom. The topological polar surface area (TPSA) is 72.2 Å². The van der Waals surface area contributed by atoms with Crippen molar-refractivity contribution < 1.29 is 8.42 Å². The third-order valence-corrected chi connectivity index (χ3v) is 4.97. The molecule has 0 saturated heterocycles. The molecular weight excluding hydrogens is 356 g/mol. The summed E-state index contributed by atoms with van der Waals surface area (Å²) in [7, 11) is -3.62. The van der Waals surface area contributed by atoms with E-state index in [2.05, 4.69) is 41.7 Å². The second kappa shape index (κ2) is 8.45. The Morgan fingerprint density at radius 2 is 1.56 bits per heavy atom. The Hall–Kier alpha value is -1.92. The molecule has 0 aromatic heterocycles. The maximum Gasteiger partial charge on any atom is 0.238 e. The van der Waals surface area contributed by atoms with Crippen LogP contribution in [0, 0.1) is 0 Å². The number of rotatable bonds is 6. The van der Waals surface area contributed by atoms with Gasteiger partial charge in [-0.25, -0.2) is 13.6 Å². The van der Waals surface area contributed by atoms with Gasteiger partial charge in [0.15, 0.2) is 0 Å². The summed E-state index contributed by atoms with van der Waals surface area (Å²) < 4.78 is 22.5. The second-order valence-corrected chi connectivity index (χ2v) is 7.32. The van der Waals surface area contributed by atoms with Gasteiger partial charge in [0.25, 0.3) is 0 Å². The SMILES string of the molecule is Cl.NS(=O)(=O)c1ccc(CCNCc2cccc3ccccc23)cc1. The average Bonchev–Trinajstić information content (AvgIpc) is 2.58. The molecule has 0 unspecified atom stereocenters. The van der Waals surface area contributed by atoms with E-state index in [0.717, 1.165) is 25.1 Å².